The Bertz CT molecular complexity index is 865. The number of nitrogens with zero attached hydrogens (tertiary/aromatic N) is 2. The van der Waals surface area contributed by atoms with Gasteiger partial charge in [-0.05, 0) is 48.9 Å². The number of H-pyrrole nitrogens is 1. The molecule has 1 N–H and O–H groups in total. The predicted molar refractivity (Wildman–Crippen MR) is 111 cm³/mol. The number of alkyl halides is 1. The second kappa shape index (κ2) is 8.03. The molecule has 4 rings (SSSR count). The number of benzene rings is 1. The van der Waals surface area contributed by atoms with E-state index in [2.05, 4.69) is 23.7 Å². The van der Waals surface area contributed by atoms with Crippen LogP contribution in [0.2, 0.25) is 5.02 Å². The summed E-state index contributed by atoms with van der Waals surface area (Å²) in [6.07, 6.45) is 2.08. The molecule has 4 nitrogen and oxygen atoms in total. The monoisotopic (exact) mass is 405 g/mol. The van der Waals surface area contributed by atoms with Gasteiger partial charge in [-0.2, -0.15) is 0 Å². The van der Waals surface area contributed by atoms with E-state index in [9.17, 15) is 9.18 Å². The highest BCUT2D eigenvalue weighted by Crippen LogP contribution is 2.38. The molecule has 2 aliphatic rings. The van der Waals surface area contributed by atoms with Crippen LogP contribution in [0.1, 0.15) is 50.4 Å². The van der Waals surface area contributed by atoms with Gasteiger partial charge in [0.05, 0.1) is 6.04 Å². The maximum Gasteiger partial charge on any atom is 0.224 e. The lowest BCUT2D eigenvalue weighted by Crippen LogP contribution is -2.41. The summed E-state index contributed by atoms with van der Waals surface area (Å²) in [5, 5.41) is 1.92. The van der Waals surface area contributed by atoms with Gasteiger partial charge in [-0.1, -0.05) is 25.4 Å². The van der Waals surface area contributed by atoms with E-state index < -0.39 is 6.17 Å². The minimum atomic E-state index is -0.737. The minimum Gasteiger partial charge on any atom is -0.356 e. The largest absolute Gasteiger partial charge is 0.356 e. The first-order chi connectivity index (χ1) is 13.4. The molecule has 2 aliphatic heterocycles. The van der Waals surface area contributed by atoms with Crippen molar-refractivity contribution in [3.05, 3.63) is 34.5 Å². The standard InChI is InChI=1S/C22H29ClFN3O/c1-14(2)11-20-22-17(18-12-15(23)3-4-19(18)25-22)6-10-27(20)21(28)7-9-26-8-5-16(24)13-26/h3-4,12,14,16,20,25H,5-11,13H2,1-2H3/t16?,20-/m0/s1. The molecule has 28 heavy (non-hydrogen) atoms. The number of aromatic nitrogens is 1. The molecule has 1 amide bonds. The van der Waals surface area contributed by atoms with Crippen molar-refractivity contribution in [3.63, 3.8) is 0 Å². The number of halogens is 2. The van der Waals surface area contributed by atoms with Gasteiger partial charge >= 0.3 is 0 Å². The van der Waals surface area contributed by atoms with Gasteiger partial charge < -0.3 is 9.88 Å². The van der Waals surface area contributed by atoms with E-state index in [-0.39, 0.29) is 11.9 Å². The van der Waals surface area contributed by atoms with Gasteiger partial charge in [0.25, 0.3) is 0 Å². The van der Waals surface area contributed by atoms with Crippen LogP contribution in [-0.4, -0.2) is 53.0 Å². The van der Waals surface area contributed by atoms with Crippen LogP contribution in [-0.2, 0) is 11.2 Å². The van der Waals surface area contributed by atoms with Crippen molar-refractivity contribution < 1.29 is 9.18 Å². The Morgan fingerprint density at radius 1 is 1.36 bits per heavy atom. The fraction of sp³-hybridized carbons (Fsp3) is 0.591. The van der Waals surface area contributed by atoms with Gasteiger partial charge in [0.15, 0.2) is 0 Å². The van der Waals surface area contributed by atoms with Gasteiger partial charge in [0.1, 0.15) is 6.17 Å². The van der Waals surface area contributed by atoms with E-state index >= 15 is 0 Å². The van der Waals surface area contributed by atoms with Crippen molar-refractivity contribution in [1.29, 1.82) is 0 Å². The average molecular weight is 406 g/mol. The zero-order chi connectivity index (χ0) is 19.8. The van der Waals surface area contributed by atoms with Crippen LogP contribution in [0.3, 0.4) is 0 Å². The second-order valence-corrected chi connectivity index (χ2v) is 9.06. The number of fused-ring (bicyclic) bond motifs is 3. The fourth-order valence-electron chi connectivity index (χ4n) is 4.71. The Morgan fingerprint density at radius 3 is 2.89 bits per heavy atom. The summed E-state index contributed by atoms with van der Waals surface area (Å²) in [6.45, 7) is 7.00. The van der Waals surface area contributed by atoms with Crippen molar-refractivity contribution in [2.24, 2.45) is 5.92 Å². The Balaban J connectivity index is 1.56. The number of hydrogen-bond donors (Lipinski definition) is 1. The molecule has 152 valence electrons. The maximum absolute atomic E-state index is 13.4. The van der Waals surface area contributed by atoms with Crippen LogP contribution < -0.4 is 0 Å². The summed E-state index contributed by atoms with van der Waals surface area (Å²) in [7, 11) is 0. The number of likely N-dealkylation sites (tertiary alicyclic amines) is 1. The zero-order valence-electron chi connectivity index (χ0n) is 16.7. The van der Waals surface area contributed by atoms with Gasteiger partial charge in [-0.25, -0.2) is 4.39 Å². The number of carbonyl (C=O) groups excluding carboxylic acids is 1. The smallest absolute Gasteiger partial charge is 0.224 e. The molecule has 1 aromatic heterocycles. The molecule has 1 saturated heterocycles. The molecule has 1 fully saturated rings. The molecule has 6 heteroatoms. The third kappa shape index (κ3) is 3.92. The molecule has 0 spiro atoms. The summed E-state index contributed by atoms with van der Waals surface area (Å²) in [5.74, 6) is 0.655. The first-order valence-corrected chi connectivity index (χ1v) is 10.8. The number of carbonyl (C=O) groups is 1. The quantitative estimate of drug-likeness (QED) is 0.781. The molecule has 0 saturated carbocycles. The lowest BCUT2D eigenvalue weighted by atomic mass is 9.91. The number of nitrogens with one attached hydrogen (secondary N) is 1. The van der Waals surface area contributed by atoms with Crippen LogP contribution in [0.25, 0.3) is 10.9 Å². The Labute approximate surface area is 171 Å². The Morgan fingerprint density at radius 2 is 2.18 bits per heavy atom. The van der Waals surface area contributed by atoms with E-state index in [0.717, 1.165) is 42.2 Å². The summed E-state index contributed by atoms with van der Waals surface area (Å²) in [6, 6.07) is 6.02. The molecular weight excluding hydrogens is 377 g/mol. The summed E-state index contributed by atoms with van der Waals surface area (Å²) >= 11 is 6.22. The van der Waals surface area contributed by atoms with Crippen molar-refractivity contribution in [2.75, 3.05) is 26.2 Å². The summed E-state index contributed by atoms with van der Waals surface area (Å²) in [4.78, 5) is 20.8. The topological polar surface area (TPSA) is 39.3 Å². The predicted octanol–water partition coefficient (Wildman–Crippen LogP) is 4.73. The van der Waals surface area contributed by atoms with Crippen molar-refractivity contribution in [3.8, 4) is 0 Å². The highest BCUT2D eigenvalue weighted by molar-refractivity contribution is 6.31. The van der Waals surface area contributed by atoms with Crippen LogP contribution in [0.4, 0.5) is 4.39 Å². The van der Waals surface area contributed by atoms with Crippen LogP contribution in [0.5, 0.6) is 0 Å². The molecule has 3 heterocycles. The SMILES string of the molecule is CC(C)C[C@H]1c2[nH]c3ccc(Cl)cc3c2CCN1C(=O)CCN1CCC(F)C1. The highest BCUT2D eigenvalue weighted by Gasteiger charge is 2.34. The third-order valence-corrected chi connectivity index (χ3v) is 6.32. The van der Waals surface area contributed by atoms with E-state index in [0.29, 0.717) is 31.8 Å². The zero-order valence-corrected chi connectivity index (χ0v) is 17.4. The van der Waals surface area contributed by atoms with E-state index in [1.54, 1.807) is 0 Å². The molecule has 2 atom stereocenters. The number of amides is 1. The van der Waals surface area contributed by atoms with Crippen LogP contribution in [0.15, 0.2) is 18.2 Å². The fourth-order valence-corrected chi connectivity index (χ4v) is 4.89. The molecule has 0 aliphatic carbocycles. The van der Waals surface area contributed by atoms with Crippen molar-refractivity contribution in [1.82, 2.24) is 14.8 Å². The number of aromatic amines is 1. The van der Waals surface area contributed by atoms with E-state index in [1.807, 2.05) is 23.1 Å². The molecule has 0 bridgehead atoms. The third-order valence-electron chi connectivity index (χ3n) is 6.09. The highest BCUT2D eigenvalue weighted by atomic mass is 35.5. The lowest BCUT2D eigenvalue weighted by Gasteiger charge is -2.37. The normalized spacial score (nSPS) is 23.0. The summed E-state index contributed by atoms with van der Waals surface area (Å²) < 4.78 is 13.4. The van der Waals surface area contributed by atoms with Gasteiger partial charge in [0, 0.05) is 54.2 Å². The van der Waals surface area contributed by atoms with E-state index in [1.165, 1.54) is 10.9 Å². The van der Waals surface area contributed by atoms with E-state index in [4.69, 9.17) is 11.6 Å². The van der Waals surface area contributed by atoms with Gasteiger partial charge in [-0.15, -0.1) is 0 Å². The molecule has 2 aromatic rings. The molecule has 1 aromatic carbocycles. The van der Waals surface area contributed by atoms with Crippen LogP contribution in [0, 0.1) is 5.92 Å². The minimum absolute atomic E-state index is 0.0647. The van der Waals surface area contributed by atoms with Crippen molar-refractivity contribution in [2.45, 2.75) is 51.7 Å². The molecule has 1 unspecified atom stereocenters. The number of rotatable bonds is 5. The second-order valence-electron chi connectivity index (χ2n) is 8.63. The average Bonchev–Trinajstić information content (AvgIpc) is 3.23. The van der Waals surface area contributed by atoms with Gasteiger partial charge in [-0.3, -0.25) is 9.69 Å². The van der Waals surface area contributed by atoms with Crippen LogP contribution >= 0.6 is 11.6 Å². The summed E-state index contributed by atoms with van der Waals surface area (Å²) in [5.41, 5.74) is 3.55. The first kappa shape index (κ1) is 19.7. The Kier molecular flexibility index (Phi) is 5.66. The van der Waals surface area contributed by atoms with Gasteiger partial charge in [0.2, 0.25) is 5.91 Å². The lowest BCUT2D eigenvalue weighted by molar-refractivity contribution is -0.134. The maximum atomic E-state index is 13.4. The van der Waals surface area contributed by atoms with Crippen molar-refractivity contribution >= 4 is 28.4 Å². The molecular formula is C22H29ClFN3O. The number of hydrogen-bond acceptors (Lipinski definition) is 2. The molecule has 0 radical (unpaired) electrons. The Hall–Kier alpha value is -1.59. The first-order valence-electron chi connectivity index (χ1n) is 10.4.